The topological polar surface area (TPSA) is 0 Å². The van der Waals surface area contributed by atoms with Crippen LogP contribution in [0.25, 0.3) is 11.1 Å². The third-order valence-electron chi connectivity index (χ3n) is 7.70. The fourth-order valence-electron chi connectivity index (χ4n) is 5.93. The first-order chi connectivity index (χ1) is 13.7. The number of benzene rings is 2. The molecule has 0 aliphatic heterocycles. The highest BCUT2D eigenvalue weighted by Gasteiger charge is 2.35. The molecule has 2 aliphatic carbocycles. The van der Waals surface area contributed by atoms with E-state index in [0.29, 0.717) is 0 Å². The van der Waals surface area contributed by atoms with Crippen molar-refractivity contribution in [2.24, 2.45) is 17.8 Å². The average molecular weight is 375 g/mol. The fourth-order valence-corrected chi connectivity index (χ4v) is 5.93. The predicted octanol–water partition coefficient (Wildman–Crippen LogP) is 8.54. The van der Waals surface area contributed by atoms with Crippen molar-refractivity contribution in [2.75, 3.05) is 0 Å². The Labute approximate surface area is 172 Å². The molecule has 4 atom stereocenters. The zero-order chi connectivity index (χ0) is 19.3. The van der Waals surface area contributed by atoms with Crippen molar-refractivity contribution in [3.8, 4) is 11.1 Å². The summed E-state index contributed by atoms with van der Waals surface area (Å²) in [6.45, 7) is 4.48. The van der Waals surface area contributed by atoms with Crippen LogP contribution in [0.4, 0.5) is 0 Å². The van der Waals surface area contributed by atoms with E-state index in [9.17, 15) is 0 Å². The molecule has 0 amide bonds. The van der Waals surface area contributed by atoms with Crippen molar-refractivity contribution in [1.82, 2.24) is 0 Å². The van der Waals surface area contributed by atoms with Gasteiger partial charge in [0.25, 0.3) is 0 Å². The van der Waals surface area contributed by atoms with Crippen molar-refractivity contribution < 1.29 is 0 Å². The van der Waals surface area contributed by atoms with Crippen LogP contribution in [0.1, 0.15) is 88.2 Å². The Morgan fingerprint density at radius 1 is 0.714 bits per heavy atom. The molecule has 2 aromatic rings. The fraction of sp³-hybridized carbons (Fsp3) is 0.571. The van der Waals surface area contributed by atoms with Crippen molar-refractivity contribution in [3.63, 3.8) is 0 Å². The van der Waals surface area contributed by atoms with Gasteiger partial charge in [0.15, 0.2) is 0 Å². The molecule has 2 aliphatic rings. The first kappa shape index (κ1) is 19.7. The van der Waals surface area contributed by atoms with Gasteiger partial charge < -0.3 is 0 Å². The molecule has 4 unspecified atom stereocenters. The van der Waals surface area contributed by atoms with Crippen LogP contribution in [0.3, 0.4) is 0 Å². The summed E-state index contributed by atoms with van der Waals surface area (Å²) in [4.78, 5) is 0. The van der Waals surface area contributed by atoms with E-state index in [4.69, 9.17) is 0 Å². The van der Waals surface area contributed by atoms with E-state index in [-0.39, 0.29) is 0 Å². The molecular formula is C28H38. The summed E-state index contributed by atoms with van der Waals surface area (Å²) in [5.41, 5.74) is 5.60. The number of rotatable bonds is 6. The van der Waals surface area contributed by atoms with Crippen LogP contribution in [0.5, 0.6) is 0 Å². The van der Waals surface area contributed by atoms with Crippen LogP contribution >= 0.6 is 0 Å². The molecule has 0 heteroatoms. The minimum atomic E-state index is 0.796. The molecule has 0 saturated heterocycles. The number of hydrogen-bond donors (Lipinski definition) is 0. The summed E-state index contributed by atoms with van der Waals surface area (Å²) >= 11 is 0. The summed E-state index contributed by atoms with van der Waals surface area (Å²) in [5, 5.41) is 0. The third-order valence-corrected chi connectivity index (χ3v) is 7.70. The minimum absolute atomic E-state index is 0.796. The van der Waals surface area contributed by atoms with Gasteiger partial charge in [0.05, 0.1) is 0 Å². The lowest BCUT2D eigenvalue weighted by atomic mass is 9.63. The smallest absolute Gasteiger partial charge is 0.0159 e. The average Bonchev–Trinajstić information content (AvgIpc) is 2.74. The Balaban J connectivity index is 1.34. The maximum atomic E-state index is 2.41. The van der Waals surface area contributed by atoms with E-state index in [0.717, 1.165) is 23.7 Å². The molecule has 0 N–H and O–H groups in total. The van der Waals surface area contributed by atoms with Gasteiger partial charge in [-0.3, -0.25) is 0 Å². The normalized spacial score (nSPS) is 27.4. The molecule has 2 fully saturated rings. The zero-order valence-corrected chi connectivity index (χ0v) is 18.0. The molecule has 2 saturated carbocycles. The Morgan fingerprint density at radius 3 is 2.07 bits per heavy atom. The van der Waals surface area contributed by atoms with E-state index >= 15 is 0 Å². The maximum absolute atomic E-state index is 2.41. The second-order valence-corrected chi connectivity index (χ2v) is 9.69. The van der Waals surface area contributed by atoms with Crippen LogP contribution < -0.4 is 0 Å². The van der Waals surface area contributed by atoms with Crippen molar-refractivity contribution in [2.45, 2.75) is 84.0 Å². The molecule has 0 bridgehead atoms. The maximum Gasteiger partial charge on any atom is -0.0159 e. The monoisotopic (exact) mass is 374 g/mol. The molecule has 0 heterocycles. The SMILES string of the molecule is CCCCCC1CCC2CC(c3ccc(-c4ccc(C)cc4)cc3)CCC2C1. The van der Waals surface area contributed by atoms with Crippen molar-refractivity contribution in [1.29, 1.82) is 0 Å². The van der Waals surface area contributed by atoms with E-state index in [1.807, 2.05) is 0 Å². The second-order valence-electron chi connectivity index (χ2n) is 9.69. The van der Waals surface area contributed by atoms with Gasteiger partial charge in [-0.1, -0.05) is 93.1 Å². The zero-order valence-electron chi connectivity index (χ0n) is 18.0. The molecule has 0 aromatic heterocycles. The standard InChI is InChI=1S/C28H38/c1-3-4-5-6-22-9-12-28-20-27(18-17-26(28)19-22)25-15-13-24(14-16-25)23-10-7-21(2)8-11-23/h7-8,10-11,13-16,22,26-28H,3-6,9,12,17-20H2,1-2H3. The Morgan fingerprint density at radius 2 is 1.36 bits per heavy atom. The van der Waals surface area contributed by atoms with E-state index in [1.54, 1.807) is 5.56 Å². The van der Waals surface area contributed by atoms with Crippen LogP contribution in [0.15, 0.2) is 48.5 Å². The Bertz CT molecular complexity index is 724. The van der Waals surface area contributed by atoms with Gasteiger partial charge in [-0.05, 0) is 79.4 Å². The molecule has 2 aromatic carbocycles. The van der Waals surface area contributed by atoms with Gasteiger partial charge in [-0.2, -0.15) is 0 Å². The summed E-state index contributed by atoms with van der Waals surface area (Å²) < 4.78 is 0. The molecule has 4 rings (SSSR count). The van der Waals surface area contributed by atoms with Crippen LogP contribution in [0.2, 0.25) is 0 Å². The number of unbranched alkanes of at least 4 members (excludes halogenated alkanes) is 2. The van der Waals surface area contributed by atoms with Crippen LogP contribution in [-0.2, 0) is 0 Å². The number of aryl methyl sites for hydroxylation is 1. The van der Waals surface area contributed by atoms with Gasteiger partial charge in [0.1, 0.15) is 0 Å². The molecule has 28 heavy (non-hydrogen) atoms. The lowest BCUT2D eigenvalue weighted by Crippen LogP contribution is -2.30. The summed E-state index contributed by atoms with van der Waals surface area (Å²) in [7, 11) is 0. The molecular weight excluding hydrogens is 336 g/mol. The lowest BCUT2D eigenvalue weighted by molar-refractivity contribution is 0.113. The van der Waals surface area contributed by atoms with Crippen molar-refractivity contribution >= 4 is 0 Å². The highest BCUT2D eigenvalue weighted by Crippen LogP contribution is 2.48. The highest BCUT2D eigenvalue weighted by molar-refractivity contribution is 5.64. The van der Waals surface area contributed by atoms with Crippen LogP contribution in [0, 0.1) is 24.7 Å². The van der Waals surface area contributed by atoms with Gasteiger partial charge in [0.2, 0.25) is 0 Å². The summed E-state index contributed by atoms with van der Waals surface area (Å²) in [5.74, 6) is 3.87. The number of hydrogen-bond acceptors (Lipinski definition) is 0. The third kappa shape index (κ3) is 4.70. The first-order valence-corrected chi connectivity index (χ1v) is 11.9. The molecule has 0 radical (unpaired) electrons. The highest BCUT2D eigenvalue weighted by atomic mass is 14.4. The quantitative estimate of drug-likeness (QED) is 0.444. The van der Waals surface area contributed by atoms with Crippen LogP contribution in [-0.4, -0.2) is 0 Å². The van der Waals surface area contributed by atoms with E-state index in [1.165, 1.54) is 80.9 Å². The van der Waals surface area contributed by atoms with E-state index < -0.39 is 0 Å². The van der Waals surface area contributed by atoms with E-state index in [2.05, 4.69) is 62.4 Å². The lowest BCUT2D eigenvalue weighted by Gasteiger charge is -2.42. The van der Waals surface area contributed by atoms with Crippen molar-refractivity contribution in [3.05, 3.63) is 59.7 Å². The number of fused-ring (bicyclic) bond motifs is 1. The van der Waals surface area contributed by atoms with Gasteiger partial charge >= 0.3 is 0 Å². The largest absolute Gasteiger partial charge is 0.0654 e. The predicted molar refractivity (Wildman–Crippen MR) is 122 cm³/mol. The van der Waals surface area contributed by atoms with Gasteiger partial charge in [-0.25, -0.2) is 0 Å². The first-order valence-electron chi connectivity index (χ1n) is 11.9. The Kier molecular flexibility index (Phi) is 6.55. The summed E-state index contributed by atoms with van der Waals surface area (Å²) in [6, 6.07) is 18.4. The minimum Gasteiger partial charge on any atom is -0.0654 e. The van der Waals surface area contributed by atoms with Gasteiger partial charge in [0, 0.05) is 0 Å². The second kappa shape index (κ2) is 9.29. The molecule has 150 valence electrons. The Hall–Kier alpha value is -1.56. The molecule has 0 nitrogen and oxygen atoms in total. The summed E-state index contributed by atoms with van der Waals surface area (Å²) in [6.07, 6.45) is 14.6. The molecule has 0 spiro atoms. The van der Waals surface area contributed by atoms with Gasteiger partial charge in [-0.15, -0.1) is 0 Å².